The van der Waals surface area contributed by atoms with E-state index in [1.54, 1.807) is 24.3 Å². The largest absolute Gasteiger partial charge is 0.371 e. The summed E-state index contributed by atoms with van der Waals surface area (Å²) in [5, 5.41) is 12.0. The first kappa shape index (κ1) is 43.9. The number of nitrogens with zero attached hydrogens (tertiary/aromatic N) is 2. The van der Waals surface area contributed by atoms with E-state index in [2.05, 4.69) is 37.1 Å². The fraction of sp³-hybridized carbons (Fsp3) is 0.245. The molecule has 2 aliphatic rings. The number of nitrogens with one attached hydrogen (secondary N) is 4. The van der Waals surface area contributed by atoms with Gasteiger partial charge in [-0.15, -0.1) is 0 Å². The molecular formula is C53H56N6O4. The van der Waals surface area contributed by atoms with E-state index in [0.29, 0.717) is 24.0 Å². The van der Waals surface area contributed by atoms with Gasteiger partial charge in [0.15, 0.2) is 0 Å². The zero-order valence-corrected chi connectivity index (χ0v) is 35.8. The first-order valence-electron chi connectivity index (χ1n) is 21.9. The third-order valence-corrected chi connectivity index (χ3v) is 11.5. The normalized spacial score (nSPS) is 14.1. The predicted molar refractivity (Wildman–Crippen MR) is 253 cm³/mol. The summed E-state index contributed by atoms with van der Waals surface area (Å²) in [5.74, 6) is -0.965. The highest BCUT2D eigenvalue weighted by Gasteiger charge is 2.26. The lowest BCUT2D eigenvalue weighted by atomic mass is 10.0. The van der Waals surface area contributed by atoms with Gasteiger partial charge < -0.3 is 31.1 Å². The second-order valence-electron chi connectivity index (χ2n) is 16.0. The summed E-state index contributed by atoms with van der Waals surface area (Å²) in [6, 6.07) is 49.9. The third-order valence-electron chi connectivity index (χ3n) is 11.5. The van der Waals surface area contributed by atoms with Crippen molar-refractivity contribution < 1.29 is 19.2 Å². The molecule has 4 N–H and O–H groups in total. The SMILES string of the molecule is Cc1c(NC(=O)C(Cc2ccccc2)NC(=O)c2ccccc2)cccc1N1CCCC1.O=C(NC(Cc1ccccc1)C(=O)Nc1ccccc1N1CCCC1)c1ccccc1. The molecule has 2 aliphatic heterocycles. The fourth-order valence-electron chi connectivity index (χ4n) is 8.09. The number of carbonyl (C=O) groups is 4. The van der Waals surface area contributed by atoms with Crippen molar-refractivity contribution in [2.75, 3.05) is 46.6 Å². The molecule has 2 unspecified atom stereocenters. The van der Waals surface area contributed by atoms with Gasteiger partial charge in [-0.05, 0) is 97.8 Å². The van der Waals surface area contributed by atoms with Gasteiger partial charge in [0, 0.05) is 61.5 Å². The van der Waals surface area contributed by atoms with Gasteiger partial charge in [-0.3, -0.25) is 19.2 Å². The second kappa shape index (κ2) is 22.1. The highest BCUT2D eigenvalue weighted by Crippen LogP contribution is 2.30. The summed E-state index contributed by atoms with van der Waals surface area (Å²) in [6.45, 7) is 6.11. The Morgan fingerprint density at radius 3 is 1.29 bits per heavy atom. The molecule has 4 amide bonds. The van der Waals surface area contributed by atoms with Crippen LogP contribution < -0.4 is 31.1 Å². The monoisotopic (exact) mass is 840 g/mol. The van der Waals surface area contributed by atoms with Crippen molar-refractivity contribution >= 4 is 46.4 Å². The molecule has 6 aromatic carbocycles. The van der Waals surface area contributed by atoms with Crippen LogP contribution >= 0.6 is 0 Å². The van der Waals surface area contributed by atoms with Crippen molar-refractivity contribution in [2.24, 2.45) is 0 Å². The van der Waals surface area contributed by atoms with Crippen molar-refractivity contribution in [2.45, 2.75) is 57.5 Å². The first-order valence-corrected chi connectivity index (χ1v) is 21.9. The molecule has 0 aliphatic carbocycles. The van der Waals surface area contributed by atoms with Crippen LogP contribution in [0.3, 0.4) is 0 Å². The number of rotatable bonds is 14. The van der Waals surface area contributed by atoms with Crippen LogP contribution in [0.1, 0.15) is 63.1 Å². The number of anilines is 4. The summed E-state index contributed by atoms with van der Waals surface area (Å²) in [5.41, 5.74) is 7.85. The summed E-state index contributed by atoms with van der Waals surface area (Å²) >= 11 is 0. The molecule has 2 heterocycles. The topological polar surface area (TPSA) is 123 Å². The van der Waals surface area contributed by atoms with Crippen molar-refractivity contribution in [3.8, 4) is 0 Å². The predicted octanol–water partition coefficient (Wildman–Crippen LogP) is 8.84. The molecule has 0 aromatic heterocycles. The zero-order valence-electron chi connectivity index (χ0n) is 35.8. The van der Waals surface area contributed by atoms with Crippen LogP contribution in [0.25, 0.3) is 0 Å². The summed E-state index contributed by atoms with van der Waals surface area (Å²) < 4.78 is 0. The van der Waals surface area contributed by atoms with E-state index in [1.807, 2.05) is 140 Å². The van der Waals surface area contributed by atoms with E-state index in [9.17, 15) is 19.2 Å². The average Bonchev–Trinajstić information content (AvgIpc) is 4.07. The van der Waals surface area contributed by atoms with Crippen molar-refractivity contribution in [3.05, 3.63) is 192 Å². The number of para-hydroxylation sites is 2. The number of amides is 4. The Labute approximate surface area is 370 Å². The van der Waals surface area contributed by atoms with Crippen molar-refractivity contribution in [3.63, 3.8) is 0 Å². The fourth-order valence-corrected chi connectivity index (χ4v) is 8.09. The molecule has 63 heavy (non-hydrogen) atoms. The van der Waals surface area contributed by atoms with Crippen LogP contribution in [-0.4, -0.2) is 61.9 Å². The lowest BCUT2D eigenvalue weighted by molar-refractivity contribution is -0.118. The second-order valence-corrected chi connectivity index (χ2v) is 16.0. The Kier molecular flexibility index (Phi) is 15.4. The minimum Gasteiger partial charge on any atom is -0.371 e. The van der Waals surface area contributed by atoms with Crippen LogP contribution in [0.5, 0.6) is 0 Å². The average molecular weight is 841 g/mol. The van der Waals surface area contributed by atoms with Crippen molar-refractivity contribution in [1.29, 1.82) is 0 Å². The molecule has 2 atom stereocenters. The van der Waals surface area contributed by atoms with Crippen molar-refractivity contribution in [1.82, 2.24) is 10.6 Å². The minimum absolute atomic E-state index is 0.222. The Balaban J connectivity index is 0.000000189. The van der Waals surface area contributed by atoms with Crippen LogP contribution in [0.15, 0.2) is 164 Å². The van der Waals surface area contributed by atoms with E-state index in [1.165, 1.54) is 12.8 Å². The van der Waals surface area contributed by atoms with E-state index < -0.39 is 12.1 Å². The third kappa shape index (κ3) is 12.2. The van der Waals surface area contributed by atoms with Gasteiger partial charge in [0.1, 0.15) is 12.1 Å². The van der Waals surface area contributed by atoms with Gasteiger partial charge in [-0.1, -0.05) is 115 Å². The van der Waals surface area contributed by atoms with Crippen LogP contribution in [0.4, 0.5) is 22.7 Å². The minimum atomic E-state index is -0.694. The molecule has 10 heteroatoms. The Morgan fingerprint density at radius 1 is 0.444 bits per heavy atom. The van der Waals surface area contributed by atoms with E-state index in [-0.39, 0.29) is 23.6 Å². The quantitative estimate of drug-likeness (QED) is 0.0870. The molecule has 2 saturated heterocycles. The van der Waals surface area contributed by atoms with Gasteiger partial charge >= 0.3 is 0 Å². The van der Waals surface area contributed by atoms with E-state index in [4.69, 9.17) is 0 Å². The van der Waals surface area contributed by atoms with E-state index >= 15 is 0 Å². The highest BCUT2D eigenvalue weighted by molar-refractivity contribution is 6.03. The van der Waals surface area contributed by atoms with Crippen LogP contribution in [0.2, 0.25) is 0 Å². The zero-order chi connectivity index (χ0) is 43.8. The first-order chi connectivity index (χ1) is 30.8. The van der Waals surface area contributed by atoms with Gasteiger partial charge in [-0.2, -0.15) is 0 Å². The summed E-state index contributed by atoms with van der Waals surface area (Å²) in [4.78, 5) is 56.9. The Bertz CT molecular complexity index is 2420. The van der Waals surface area contributed by atoms with E-state index in [0.717, 1.165) is 78.5 Å². The van der Waals surface area contributed by atoms with Crippen LogP contribution in [-0.2, 0) is 22.4 Å². The Hall–Kier alpha value is -7.20. The molecule has 2 fully saturated rings. The number of benzene rings is 6. The van der Waals surface area contributed by atoms with Gasteiger partial charge in [0.25, 0.3) is 11.8 Å². The van der Waals surface area contributed by atoms with Gasteiger partial charge in [-0.25, -0.2) is 0 Å². The molecule has 6 aromatic rings. The van der Waals surface area contributed by atoms with Crippen LogP contribution in [0, 0.1) is 6.92 Å². The molecule has 10 nitrogen and oxygen atoms in total. The molecular weight excluding hydrogens is 785 g/mol. The van der Waals surface area contributed by atoms with Gasteiger partial charge in [0.2, 0.25) is 11.8 Å². The summed E-state index contributed by atoms with van der Waals surface area (Å²) in [7, 11) is 0. The molecule has 0 spiro atoms. The molecule has 322 valence electrons. The lowest BCUT2D eigenvalue weighted by Crippen LogP contribution is -2.45. The maximum absolute atomic E-state index is 13.3. The number of carbonyl (C=O) groups excluding carboxylic acids is 4. The summed E-state index contributed by atoms with van der Waals surface area (Å²) in [6.07, 6.45) is 5.53. The smallest absolute Gasteiger partial charge is 0.251 e. The maximum atomic E-state index is 13.3. The maximum Gasteiger partial charge on any atom is 0.251 e. The molecule has 0 saturated carbocycles. The highest BCUT2D eigenvalue weighted by atomic mass is 16.2. The number of hydrogen-bond donors (Lipinski definition) is 4. The standard InChI is InChI=1S/C27H29N3O2.C26H27N3O2/c1-20-23(15-10-16-25(20)30-17-8-9-18-30)28-27(32)24(19-21-11-4-2-5-12-21)29-26(31)22-13-6-3-7-14-22;30-25(21-13-5-2-6-14-21)28-23(19-20-11-3-1-4-12-20)26(31)27-22-15-7-8-16-24(22)29-17-9-10-18-29/h2-7,10-16,24H,8-9,17-19H2,1H3,(H,28,32)(H,29,31);1-8,11-16,23H,9-10,17-19H2,(H,27,31)(H,28,30). The molecule has 0 bridgehead atoms. The Morgan fingerprint density at radius 2 is 0.810 bits per heavy atom. The lowest BCUT2D eigenvalue weighted by Gasteiger charge is -2.24. The molecule has 0 radical (unpaired) electrons. The number of hydrogen-bond acceptors (Lipinski definition) is 6. The van der Waals surface area contributed by atoms with Gasteiger partial charge in [0.05, 0.1) is 11.4 Å². The molecule has 8 rings (SSSR count).